The first-order valence-corrected chi connectivity index (χ1v) is 6.43. The summed E-state index contributed by atoms with van der Waals surface area (Å²) in [5.41, 5.74) is 3.09. The standard InChI is InChI=1S/C15H20N2O/c1-5-17(6-2)15(18)14-10-12-8-7-11(3)9-13(12)16(14)4/h7-10H,5-6H2,1-4H3. The molecule has 0 N–H and O–H groups in total. The summed E-state index contributed by atoms with van der Waals surface area (Å²) in [6, 6.07) is 8.25. The third-order valence-electron chi connectivity index (χ3n) is 3.47. The van der Waals surface area contributed by atoms with Gasteiger partial charge in [-0.15, -0.1) is 0 Å². The van der Waals surface area contributed by atoms with Crippen LogP contribution in [0.3, 0.4) is 0 Å². The lowest BCUT2D eigenvalue weighted by molar-refractivity contribution is 0.0764. The van der Waals surface area contributed by atoms with Crippen molar-refractivity contribution >= 4 is 16.8 Å². The molecule has 0 aliphatic heterocycles. The summed E-state index contributed by atoms with van der Waals surface area (Å²) >= 11 is 0. The Morgan fingerprint density at radius 3 is 2.50 bits per heavy atom. The Bertz CT molecular complexity index is 579. The maximum atomic E-state index is 12.4. The molecule has 3 heteroatoms. The van der Waals surface area contributed by atoms with Gasteiger partial charge in [0.05, 0.1) is 0 Å². The largest absolute Gasteiger partial charge is 0.340 e. The number of amides is 1. The number of aryl methyl sites for hydroxylation is 2. The molecule has 1 aromatic heterocycles. The normalized spacial score (nSPS) is 10.9. The van der Waals surface area contributed by atoms with E-state index in [2.05, 4.69) is 25.1 Å². The van der Waals surface area contributed by atoms with Gasteiger partial charge in [0.25, 0.3) is 5.91 Å². The molecule has 0 saturated carbocycles. The molecule has 0 aliphatic carbocycles. The molecule has 3 nitrogen and oxygen atoms in total. The Morgan fingerprint density at radius 2 is 1.89 bits per heavy atom. The van der Waals surface area contributed by atoms with Gasteiger partial charge in [-0.2, -0.15) is 0 Å². The van der Waals surface area contributed by atoms with Crippen LogP contribution in [0.5, 0.6) is 0 Å². The summed E-state index contributed by atoms with van der Waals surface area (Å²) < 4.78 is 1.99. The molecule has 18 heavy (non-hydrogen) atoms. The lowest BCUT2D eigenvalue weighted by Crippen LogP contribution is -2.31. The zero-order valence-corrected chi connectivity index (χ0v) is 11.5. The monoisotopic (exact) mass is 244 g/mol. The van der Waals surface area contributed by atoms with Crippen molar-refractivity contribution in [2.75, 3.05) is 13.1 Å². The van der Waals surface area contributed by atoms with E-state index in [1.807, 2.05) is 36.4 Å². The van der Waals surface area contributed by atoms with E-state index in [-0.39, 0.29) is 5.91 Å². The lowest BCUT2D eigenvalue weighted by Gasteiger charge is -2.18. The molecule has 2 rings (SSSR count). The molecule has 2 aromatic rings. The number of carbonyl (C=O) groups is 1. The van der Waals surface area contributed by atoms with Crippen molar-refractivity contribution < 1.29 is 4.79 Å². The molecule has 96 valence electrons. The van der Waals surface area contributed by atoms with E-state index in [1.54, 1.807) is 0 Å². The minimum Gasteiger partial charge on any atom is -0.340 e. The Labute approximate surface area is 108 Å². The number of aromatic nitrogens is 1. The average Bonchev–Trinajstić information content (AvgIpc) is 2.68. The third-order valence-corrected chi connectivity index (χ3v) is 3.47. The lowest BCUT2D eigenvalue weighted by atomic mass is 10.2. The first kappa shape index (κ1) is 12.7. The van der Waals surface area contributed by atoms with Gasteiger partial charge in [0.1, 0.15) is 5.69 Å². The number of carbonyl (C=O) groups excluding carboxylic acids is 1. The summed E-state index contributed by atoms with van der Waals surface area (Å²) in [6.45, 7) is 7.58. The van der Waals surface area contributed by atoms with Crippen LogP contribution in [0.4, 0.5) is 0 Å². The Hall–Kier alpha value is -1.77. The fraction of sp³-hybridized carbons (Fsp3) is 0.400. The van der Waals surface area contributed by atoms with Crippen LogP contribution in [0.1, 0.15) is 29.9 Å². The molecule has 0 atom stereocenters. The zero-order valence-electron chi connectivity index (χ0n) is 11.5. The van der Waals surface area contributed by atoms with Crippen LogP contribution in [0, 0.1) is 6.92 Å². The van der Waals surface area contributed by atoms with Crippen molar-refractivity contribution in [1.82, 2.24) is 9.47 Å². The highest BCUT2D eigenvalue weighted by Crippen LogP contribution is 2.21. The van der Waals surface area contributed by atoms with Gasteiger partial charge in [0.2, 0.25) is 0 Å². The van der Waals surface area contributed by atoms with Crippen molar-refractivity contribution in [2.24, 2.45) is 7.05 Å². The van der Waals surface area contributed by atoms with Gasteiger partial charge in [0, 0.05) is 31.0 Å². The van der Waals surface area contributed by atoms with Crippen molar-refractivity contribution in [3.63, 3.8) is 0 Å². The molecule has 0 spiro atoms. The fourth-order valence-electron chi connectivity index (χ4n) is 2.32. The van der Waals surface area contributed by atoms with Gasteiger partial charge in [-0.3, -0.25) is 4.79 Å². The van der Waals surface area contributed by atoms with Gasteiger partial charge in [-0.1, -0.05) is 12.1 Å². The Morgan fingerprint density at radius 1 is 1.22 bits per heavy atom. The third kappa shape index (κ3) is 2.01. The molecular formula is C15H20N2O. The molecule has 0 unspecified atom stereocenters. The number of rotatable bonds is 3. The SMILES string of the molecule is CCN(CC)C(=O)c1cc2ccc(C)cc2n1C. The van der Waals surface area contributed by atoms with E-state index >= 15 is 0 Å². The predicted octanol–water partition coefficient (Wildman–Crippen LogP) is 2.97. The summed E-state index contributed by atoms with van der Waals surface area (Å²) in [4.78, 5) is 14.2. The first-order chi connectivity index (χ1) is 8.58. The number of benzene rings is 1. The highest BCUT2D eigenvalue weighted by atomic mass is 16.2. The molecule has 0 fully saturated rings. The molecular weight excluding hydrogens is 224 g/mol. The highest BCUT2D eigenvalue weighted by molar-refractivity contribution is 5.98. The Kier molecular flexibility index (Phi) is 3.41. The van der Waals surface area contributed by atoms with Gasteiger partial charge in [0.15, 0.2) is 0 Å². The van der Waals surface area contributed by atoms with Crippen LogP contribution in [0.2, 0.25) is 0 Å². The molecule has 1 aromatic carbocycles. The van der Waals surface area contributed by atoms with E-state index < -0.39 is 0 Å². The maximum absolute atomic E-state index is 12.4. The molecule has 1 heterocycles. The van der Waals surface area contributed by atoms with Gasteiger partial charge in [-0.25, -0.2) is 0 Å². The van der Waals surface area contributed by atoms with Crippen LogP contribution in [0.15, 0.2) is 24.3 Å². The molecule has 1 amide bonds. The minimum atomic E-state index is 0.108. The van der Waals surface area contributed by atoms with Crippen LogP contribution in [-0.2, 0) is 7.05 Å². The first-order valence-electron chi connectivity index (χ1n) is 6.43. The second-order valence-electron chi connectivity index (χ2n) is 4.63. The smallest absolute Gasteiger partial charge is 0.270 e. The maximum Gasteiger partial charge on any atom is 0.270 e. The number of hydrogen-bond acceptors (Lipinski definition) is 1. The summed E-state index contributed by atoms with van der Waals surface area (Å²) in [5.74, 6) is 0.108. The van der Waals surface area contributed by atoms with E-state index in [0.29, 0.717) is 0 Å². The van der Waals surface area contributed by atoms with Crippen LogP contribution in [-0.4, -0.2) is 28.5 Å². The number of nitrogens with zero attached hydrogens (tertiary/aromatic N) is 2. The van der Waals surface area contributed by atoms with E-state index in [9.17, 15) is 4.79 Å². The summed E-state index contributed by atoms with van der Waals surface area (Å²) in [7, 11) is 1.96. The van der Waals surface area contributed by atoms with Gasteiger partial charge < -0.3 is 9.47 Å². The van der Waals surface area contributed by atoms with Crippen molar-refractivity contribution in [1.29, 1.82) is 0 Å². The van der Waals surface area contributed by atoms with Crippen molar-refractivity contribution in [3.8, 4) is 0 Å². The molecule has 0 radical (unpaired) electrons. The van der Waals surface area contributed by atoms with Gasteiger partial charge in [-0.05, 0) is 38.5 Å². The average molecular weight is 244 g/mol. The topological polar surface area (TPSA) is 25.2 Å². The molecule has 0 aliphatic rings. The summed E-state index contributed by atoms with van der Waals surface area (Å²) in [5, 5.41) is 1.12. The van der Waals surface area contributed by atoms with Crippen molar-refractivity contribution in [3.05, 3.63) is 35.5 Å². The quantitative estimate of drug-likeness (QED) is 0.815. The zero-order chi connectivity index (χ0) is 13.3. The second kappa shape index (κ2) is 4.84. The predicted molar refractivity (Wildman–Crippen MR) is 74.9 cm³/mol. The molecule has 0 saturated heterocycles. The van der Waals surface area contributed by atoms with Crippen LogP contribution >= 0.6 is 0 Å². The fourth-order valence-corrected chi connectivity index (χ4v) is 2.32. The number of fused-ring (bicyclic) bond motifs is 1. The van der Waals surface area contributed by atoms with E-state index in [4.69, 9.17) is 0 Å². The summed E-state index contributed by atoms with van der Waals surface area (Å²) in [6.07, 6.45) is 0. The van der Waals surface area contributed by atoms with Crippen molar-refractivity contribution in [2.45, 2.75) is 20.8 Å². The number of hydrogen-bond donors (Lipinski definition) is 0. The Balaban J connectivity index is 2.52. The molecule has 0 bridgehead atoms. The van der Waals surface area contributed by atoms with E-state index in [0.717, 1.165) is 29.7 Å². The van der Waals surface area contributed by atoms with Crippen LogP contribution < -0.4 is 0 Å². The highest BCUT2D eigenvalue weighted by Gasteiger charge is 2.17. The van der Waals surface area contributed by atoms with E-state index in [1.165, 1.54) is 5.56 Å². The van der Waals surface area contributed by atoms with Gasteiger partial charge >= 0.3 is 0 Å². The minimum absolute atomic E-state index is 0.108. The second-order valence-corrected chi connectivity index (χ2v) is 4.63. The van der Waals surface area contributed by atoms with Crippen LogP contribution in [0.25, 0.3) is 10.9 Å².